The molecule has 0 saturated carbocycles. The summed E-state index contributed by atoms with van der Waals surface area (Å²) in [6, 6.07) is -0.0273. The third-order valence-corrected chi connectivity index (χ3v) is 2.02. The largest absolute Gasteiger partial charge is 0.481 e. The zero-order valence-corrected chi connectivity index (χ0v) is 8.27. The van der Waals surface area contributed by atoms with Crippen molar-refractivity contribution in [3.8, 4) is 0 Å². The molecule has 4 N–H and O–H groups in total. The van der Waals surface area contributed by atoms with Gasteiger partial charge in [-0.05, 0) is 6.42 Å². The van der Waals surface area contributed by atoms with Crippen molar-refractivity contribution in [1.29, 1.82) is 0 Å². The van der Waals surface area contributed by atoms with Crippen LogP contribution < -0.4 is 11.1 Å². The molecule has 0 aromatic carbocycles. The predicted molar refractivity (Wildman–Crippen MR) is 55.1 cm³/mol. The summed E-state index contributed by atoms with van der Waals surface area (Å²) < 4.78 is 0. The highest BCUT2D eigenvalue weighted by atomic mass is 16.4. The fourth-order valence-corrected chi connectivity index (χ4v) is 1.19. The molecule has 0 aliphatic heterocycles. The van der Waals surface area contributed by atoms with Crippen molar-refractivity contribution in [1.82, 2.24) is 5.32 Å². The Bertz CT molecular complexity index is 321. The molecule has 0 bridgehead atoms. The number of carbonyl (C=O) groups excluding carboxylic acids is 1. The summed E-state index contributed by atoms with van der Waals surface area (Å²) in [5, 5.41) is 10.9. The van der Waals surface area contributed by atoms with Crippen LogP contribution in [0.3, 0.4) is 0 Å². The molecule has 0 saturated heterocycles. The maximum atomic E-state index is 11.4. The Morgan fingerprint density at radius 2 is 2.33 bits per heavy atom. The first kappa shape index (κ1) is 11.5. The number of nitrogens with one attached hydrogen (secondary N) is 1. The van der Waals surface area contributed by atoms with Gasteiger partial charge in [-0.1, -0.05) is 18.2 Å². The summed E-state index contributed by atoms with van der Waals surface area (Å²) >= 11 is 0. The third-order valence-electron chi connectivity index (χ3n) is 2.02. The lowest BCUT2D eigenvalue weighted by atomic mass is 10.0. The Morgan fingerprint density at radius 1 is 1.60 bits per heavy atom. The molecule has 5 heteroatoms. The second kappa shape index (κ2) is 5.31. The predicted octanol–water partition coefficient (Wildman–Crippen LogP) is -0.209. The van der Waals surface area contributed by atoms with Crippen LogP contribution in [0.2, 0.25) is 0 Å². The molecule has 5 nitrogen and oxygen atoms in total. The van der Waals surface area contributed by atoms with Crippen LogP contribution in [0.4, 0.5) is 0 Å². The molecule has 1 amide bonds. The van der Waals surface area contributed by atoms with Crippen LogP contribution in [0.5, 0.6) is 0 Å². The third kappa shape index (κ3) is 3.95. The van der Waals surface area contributed by atoms with E-state index in [2.05, 4.69) is 5.32 Å². The van der Waals surface area contributed by atoms with Gasteiger partial charge in [-0.3, -0.25) is 9.59 Å². The van der Waals surface area contributed by atoms with Gasteiger partial charge in [0.1, 0.15) is 0 Å². The van der Waals surface area contributed by atoms with Gasteiger partial charge < -0.3 is 16.2 Å². The molecule has 0 aromatic rings. The number of carbonyl (C=O) groups is 2. The average molecular weight is 210 g/mol. The summed E-state index contributed by atoms with van der Waals surface area (Å²) in [7, 11) is 0. The number of carboxylic acids is 1. The van der Waals surface area contributed by atoms with E-state index in [0.29, 0.717) is 12.0 Å². The van der Waals surface area contributed by atoms with Crippen molar-refractivity contribution >= 4 is 11.9 Å². The molecule has 0 heterocycles. The van der Waals surface area contributed by atoms with Crippen molar-refractivity contribution in [2.75, 3.05) is 6.54 Å². The molecule has 0 radical (unpaired) electrons. The van der Waals surface area contributed by atoms with E-state index in [4.69, 9.17) is 10.8 Å². The minimum Gasteiger partial charge on any atom is -0.481 e. The van der Waals surface area contributed by atoms with Crippen LogP contribution in [-0.2, 0) is 9.59 Å². The van der Waals surface area contributed by atoms with Crippen molar-refractivity contribution in [3.05, 3.63) is 23.8 Å². The first-order valence-corrected chi connectivity index (χ1v) is 4.73. The summed E-state index contributed by atoms with van der Waals surface area (Å²) in [5.74, 6) is -1.18. The Morgan fingerprint density at radius 3 is 2.87 bits per heavy atom. The van der Waals surface area contributed by atoms with E-state index in [0.717, 1.165) is 0 Å². The lowest BCUT2D eigenvalue weighted by Gasteiger charge is -2.11. The first-order chi connectivity index (χ1) is 7.09. The van der Waals surface area contributed by atoms with Crippen molar-refractivity contribution in [3.63, 3.8) is 0 Å². The number of hydrogen-bond acceptors (Lipinski definition) is 3. The van der Waals surface area contributed by atoms with Gasteiger partial charge in [0, 0.05) is 18.2 Å². The molecule has 1 atom stereocenters. The van der Waals surface area contributed by atoms with Gasteiger partial charge in [-0.2, -0.15) is 0 Å². The fraction of sp³-hybridized carbons (Fsp3) is 0.400. The van der Waals surface area contributed by atoms with E-state index in [-0.39, 0.29) is 24.9 Å². The average Bonchev–Trinajstić information content (AvgIpc) is 2.18. The van der Waals surface area contributed by atoms with E-state index < -0.39 is 5.97 Å². The van der Waals surface area contributed by atoms with E-state index in [9.17, 15) is 9.59 Å². The molecule has 1 unspecified atom stereocenters. The minimum absolute atomic E-state index is 0.0273. The molecular formula is C10H14N2O3. The summed E-state index contributed by atoms with van der Waals surface area (Å²) in [4.78, 5) is 21.6. The van der Waals surface area contributed by atoms with Gasteiger partial charge in [-0.25, -0.2) is 0 Å². The van der Waals surface area contributed by atoms with Crippen LogP contribution >= 0.6 is 0 Å². The van der Waals surface area contributed by atoms with Gasteiger partial charge in [-0.15, -0.1) is 0 Å². The Labute approximate surface area is 87.6 Å². The molecule has 15 heavy (non-hydrogen) atoms. The SMILES string of the molecule is NC1C=CC(C(=O)NCCC(=O)O)=CC1. The van der Waals surface area contributed by atoms with Crippen molar-refractivity contribution in [2.45, 2.75) is 18.9 Å². The highest BCUT2D eigenvalue weighted by Crippen LogP contribution is 2.08. The van der Waals surface area contributed by atoms with E-state index in [1.165, 1.54) is 0 Å². The van der Waals surface area contributed by atoms with Gasteiger partial charge >= 0.3 is 5.97 Å². The summed E-state index contributed by atoms with van der Waals surface area (Å²) in [6.45, 7) is 0.144. The molecule has 0 fully saturated rings. The summed E-state index contributed by atoms with van der Waals surface area (Å²) in [5.41, 5.74) is 6.14. The highest BCUT2D eigenvalue weighted by molar-refractivity contribution is 5.96. The lowest BCUT2D eigenvalue weighted by Crippen LogP contribution is -2.28. The summed E-state index contributed by atoms with van der Waals surface area (Å²) in [6.07, 6.45) is 5.73. The van der Waals surface area contributed by atoms with Gasteiger partial charge in [0.25, 0.3) is 5.91 Å². The van der Waals surface area contributed by atoms with E-state index in [1.807, 2.05) is 0 Å². The zero-order chi connectivity index (χ0) is 11.3. The normalized spacial score (nSPS) is 19.5. The minimum atomic E-state index is -0.925. The number of hydrogen-bond donors (Lipinski definition) is 3. The molecule has 1 aliphatic carbocycles. The monoisotopic (exact) mass is 210 g/mol. The number of carboxylic acid groups (broad SMARTS) is 1. The molecule has 1 aliphatic rings. The molecular weight excluding hydrogens is 196 g/mol. The second-order valence-corrected chi connectivity index (χ2v) is 3.32. The van der Waals surface area contributed by atoms with Gasteiger partial charge in [0.05, 0.1) is 6.42 Å². The standard InChI is InChI=1S/C10H14N2O3/c11-8-3-1-7(2-4-8)10(15)12-6-5-9(13)14/h1-3,8H,4-6,11H2,(H,12,15)(H,13,14). The number of aliphatic carboxylic acids is 1. The van der Waals surface area contributed by atoms with E-state index >= 15 is 0 Å². The number of amides is 1. The van der Waals surface area contributed by atoms with Crippen LogP contribution in [0.1, 0.15) is 12.8 Å². The fourth-order valence-electron chi connectivity index (χ4n) is 1.19. The molecule has 82 valence electrons. The van der Waals surface area contributed by atoms with Crippen LogP contribution in [0, 0.1) is 0 Å². The quantitative estimate of drug-likeness (QED) is 0.598. The number of rotatable bonds is 4. The Kier molecular flexibility index (Phi) is 4.05. The topological polar surface area (TPSA) is 92.4 Å². The van der Waals surface area contributed by atoms with Crippen molar-refractivity contribution < 1.29 is 14.7 Å². The van der Waals surface area contributed by atoms with Crippen LogP contribution in [-0.4, -0.2) is 29.6 Å². The van der Waals surface area contributed by atoms with Crippen LogP contribution in [0.25, 0.3) is 0 Å². The van der Waals surface area contributed by atoms with Crippen LogP contribution in [0.15, 0.2) is 23.8 Å². The zero-order valence-electron chi connectivity index (χ0n) is 8.27. The first-order valence-electron chi connectivity index (χ1n) is 4.73. The highest BCUT2D eigenvalue weighted by Gasteiger charge is 2.10. The Balaban J connectivity index is 2.35. The molecule has 0 aromatic heterocycles. The smallest absolute Gasteiger partial charge is 0.305 e. The second-order valence-electron chi connectivity index (χ2n) is 3.32. The van der Waals surface area contributed by atoms with Gasteiger partial charge in [0.15, 0.2) is 0 Å². The van der Waals surface area contributed by atoms with Crippen molar-refractivity contribution in [2.24, 2.45) is 5.73 Å². The van der Waals surface area contributed by atoms with E-state index in [1.54, 1.807) is 18.2 Å². The number of nitrogens with two attached hydrogens (primary N) is 1. The molecule has 1 rings (SSSR count). The van der Waals surface area contributed by atoms with Gasteiger partial charge in [0.2, 0.25) is 0 Å². The Hall–Kier alpha value is -1.62. The maximum Gasteiger partial charge on any atom is 0.305 e. The maximum absolute atomic E-state index is 11.4. The lowest BCUT2D eigenvalue weighted by molar-refractivity contribution is -0.136. The molecule has 0 spiro atoms.